The van der Waals surface area contributed by atoms with Crippen LogP contribution >= 0.6 is 0 Å². The summed E-state index contributed by atoms with van der Waals surface area (Å²) in [6.45, 7) is 10.7. The summed E-state index contributed by atoms with van der Waals surface area (Å²) >= 11 is 0. The molecule has 114 valence electrons. The third kappa shape index (κ3) is 7.40. The zero-order valence-electron chi connectivity index (χ0n) is 13.1. The molecular weight excluding hydrogens is 262 g/mol. The van der Waals surface area contributed by atoms with Gasteiger partial charge in [-0.2, -0.15) is 0 Å². The van der Waals surface area contributed by atoms with E-state index in [1.165, 1.54) is 0 Å². The van der Waals surface area contributed by atoms with E-state index in [0.29, 0.717) is 18.4 Å². The van der Waals surface area contributed by atoms with Crippen molar-refractivity contribution >= 4 is 15.8 Å². The maximum absolute atomic E-state index is 11.9. The van der Waals surface area contributed by atoms with E-state index in [-0.39, 0.29) is 5.75 Å². The van der Waals surface area contributed by atoms with Crippen molar-refractivity contribution in [3.8, 4) is 0 Å². The van der Waals surface area contributed by atoms with Gasteiger partial charge in [0.2, 0.25) is 0 Å². The first-order valence-corrected chi connectivity index (χ1v) is 8.42. The van der Waals surface area contributed by atoms with Crippen LogP contribution in [0.25, 0.3) is 0 Å². The summed E-state index contributed by atoms with van der Waals surface area (Å²) in [5, 5.41) is 6.20. The normalized spacial score (nSPS) is 13.7. The molecule has 0 atom stereocenters. The molecule has 0 aromatic rings. The van der Waals surface area contributed by atoms with Gasteiger partial charge in [-0.05, 0) is 33.1 Å². The molecule has 0 rings (SSSR count). The van der Waals surface area contributed by atoms with E-state index in [4.69, 9.17) is 0 Å². The smallest absolute Gasteiger partial charge is 0.191 e. The van der Waals surface area contributed by atoms with Gasteiger partial charge in [0.15, 0.2) is 15.8 Å². The van der Waals surface area contributed by atoms with Crippen LogP contribution in [0.3, 0.4) is 0 Å². The van der Waals surface area contributed by atoms with E-state index in [0.717, 1.165) is 13.0 Å². The van der Waals surface area contributed by atoms with Crippen LogP contribution in [0.2, 0.25) is 0 Å². The zero-order chi connectivity index (χ0) is 15.1. The first-order valence-electron chi connectivity index (χ1n) is 6.77. The molecule has 0 aliphatic rings. The van der Waals surface area contributed by atoms with Crippen LogP contribution in [0, 0.1) is 5.92 Å². The number of hydrogen-bond acceptors (Lipinski definition) is 3. The van der Waals surface area contributed by atoms with E-state index >= 15 is 0 Å². The molecule has 0 saturated heterocycles. The van der Waals surface area contributed by atoms with Gasteiger partial charge in [-0.15, -0.1) is 0 Å². The van der Waals surface area contributed by atoms with Crippen LogP contribution in [-0.4, -0.2) is 45.0 Å². The highest BCUT2D eigenvalue weighted by molar-refractivity contribution is 7.92. The molecule has 0 aliphatic heterocycles. The quantitative estimate of drug-likeness (QED) is 0.573. The number of nitrogens with one attached hydrogen (secondary N) is 2. The van der Waals surface area contributed by atoms with Gasteiger partial charge in [0, 0.05) is 20.1 Å². The number of aliphatic imine (C=N–C) groups is 1. The van der Waals surface area contributed by atoms with Gasteiger partial charge in [0.1, 0.15) is 0 Å². The largest absolute Gasteiger partial charge is 0.356 e. The Balaban J connectivity index is 4.11. The molecule has 0 fully saturated rings. The molecule has 6 heteroatoms. The van der Waals surface area contributed by atoms with Crippen molar-refractivity contribution < 1.29 is 8.42 Å². The summed E-state index contributed by atoms with van der Waals surface area (Å²) in [4.78, 5) is 4.07. The van der Waals surface area contributed by atoms with Crippen LogP contribution in [0.1, 0.15) is 41.0 Å². The highest BCUT2D eigenvalue weighted by atomic mass is 32.2. The second kappa shape index (κ2) is 7.72. The molecule has 0 amide bonds. The van der Waals surface area contributed by atoms with Gasteiger partial charge in [-0.1, -0.05) is 13.8 Å². The van der Waals surface area contributed by atoms with Gasteiger partial charge in [-0.3, -0.25) is 4.99 Å². The molecule has 0 bridgehead atoms. The lowest BCUT2D eigenvalue weighted by Crippen LogP contribution is -2.42. The zero-order valence-corrected chi connectivity index (χ0v) is 13.9. The molecule has 0 radical (unpaired) electrons. The van der Waals surface area contributed by atoms with Gasteiger partial charge in [-0.25, -0.2) is 8.42 Å². The van der Waals surface area contributed by atoms with Crippen LogP contribution in [-0.2, 0) is 9.84 Å². The Bertz CT molecular complexity index is 381. The maximum atomic E-state index is 11.9. The number of rotatable bonds is 6. The SMILES string of the molecule is CN=C(NCCC(C)C)NCCS(=O)(=O)C(C)(C)C. The third-order valence-electron chi connectivity index (χ3n) is 2.83. The minimum atomic E-state index is -3.08. The van der Waals surface area contributed by atoms with E-state index in [1.807, 2.05) is 0 Å². The molecule has 0 saturated carbocycles. The van der Waals surface area contributed by atoms with Gasteiger partial charge < -0.3 is 10.6 Å². The second-order valence-electron chi connectivity index (χ2n) is 6.04. The Hall–Kier alpha value is -0.780. The summed E-state index contributed by atoms with van der Waals surface area (Å²) < 4.78 is 23.1. The fourth-order valence-corrected chi connectivity index (χ4v) is 2.29. The summed E-state index contributed by atoms with van der Waals surface area (Å²) in [5.41, 5.74) is 0. The lowest BCUT2D eigenvalue weighted by molar-refractivity contribution is 0.558. The number of hydrogen-bond donors (Lipinski definition) is 2. The van der Waals surface area contributed by atoms with Crippen molar-refractivity contribution in [2.45, 2.75) is 45.8 Å². The Morgan fingerprint density at radius 1 is 1.16 bits per heavy atom. The summed E-state index contributed by atoms with van der Waals surface area (Å²) in [7, 11) is -1.40. The molecule has 0 aliphatic carbocycles. The molecule has 5 nitrogen and oxygen atoms in total. The molecular formula is C13H29N3O2S. The van der Waals surface area contributed by atoms with Gasteiger partial charge in [0.25, 0.3) is 0 Å². The van der Waals surface area contributed by atoms with E-state index in [2.05, 4.69) is 29.5 Å². The maximum Gasteiger partial charge on any atom is 0.191 e. The van der Waals surface area contributed by atoms with Crippen LogP contribution in [0.4, 0.5) is 0 Å². The standard InChI is InChI=1S/C13H29N3O2S/c1-11(2)7-8-15-12(14-6)16-9-10-19(17,18)13(3,4)5/h11H,7-10H2,1-6H3,(H2,14,15,16). The van der Waals surface area contributed by atoms with Crippen LogP contribution in [0.5, 0.6) is 0 Å². The second-order valence-corrected chi connectivity index (χ2v) is 8.90. The van der Waals surface area contributed by atoms with Crippen molar-refractivity contribution in [2.75, 3.05) is 25.9 Å². The van der Waals surface area contributed by atoms with Crippen molar-refractivity contribution in [2.24, 2.45) is 10.9 Å². The lowest BCUT2D eigenvalue weighted by atomic mass is 10.1. The fraction of sp³-hybridized carbons (Fsp3) is 0.923. The molecule has 19 heavy (non-hydrogen) atoms. The van der Waals surface area contributed by atoms with Crippen LogP contribution < -0.4 is 10.6 Å². The molecule has 0 unspecified atom stereocenters. The lowest BCUT2D eigenvalue weighted by Gasteiger charge is -2.20. The Labute approximate surface area is 118 Å². The first-order chi connectivity index (χ1) is 8.60. The third-order valence-corrected chi connectivity index (χ3v) is 5.44. The number of guanidine groups is 1. The summed E-state index contributed by atoms with van der Waals surface area (Å²) in [5.74, 6) is 1.40. The van der Waals surface area contributed by atoms with Crippen LogP contribution in [0.15, 0.2) is 4.99 Å². The first kappa shape index (κ1) is 18.2. The molecule has 0 spiro atoms. The summed E-state index contributed by atoms with van der Waals surface area (Å²) in [6, 6.07) is 0. The van der Waals surface area contributed by atoms with E-state index in [9.17, 15) is 8.42 Å². The predicted octanol–water partition coefficient (Wildman–Crippen LogP) is 1.41. The topological polar surface area (TPSA) is 70.6 Å². The van der Waals surface area contributed by atoms with Crippen molar-refractivity contribution in [1.29, 1.82) is 0 Å². The minimum absolute atomic E-state index is 0.112. The fourth-order valence-electron chi connectivity index (χ4n) is 1.31. The van der Waals surface area contributed by atoms with Gasteiger partial charge in [0.05, 0.1) is 10.5 Å². The molecule has 0 aromatic heterocycles. The van der Waals surface area contributed by atoms with E-state index in [1.54, 1.807) is 27.8 Å². The Morgan fingerprint density at radius 2 is 1.68 bits per heavy atom. The molecule has 2 N–H and O–H groups in total. The average molecular weight is 291 g/mol. The highest BCUT2D eigenvalue weighted by Gasteiger charge is 2.28. The van der Waals surface area contributed by atoms with Crippen molar-refractivity contribution in [1.82, 2.24) is 10.6 Å². The van der Waals surface area contributed by atoms with Crippen molar-refractivity contribution in [3.63, 3.8) is 0 Å². The predicted molar refractivity (Wildman–Crippen MR) is 82.4 cm³/mol. The van der Waals surface area contributed by atoms with Gasteiger partial charge >= 0.3 is 0 Å². The highest BCUT2D eigenvalue weighted by Crippen LogP contribution is 2.15. The summed E-state index contributed by atoms with van der Waals surface area (Å²) in [6.07, 6.45) is 1.06. The Kier molecular flexibility index (Phi) is 7.41. The monoisotopic (exact) mass is 291 g/mol. The van der Waals surface area contributed by atoms with E-state index < -0.39 is 14.6 Å². The average Bonchev–Trinajstić information content (AvgIpc) is 2.24. The Morgan fingerprint density at radius 3 is 2.11 bits per heavy atom. The number of nitrogens with zero attached hydrogens (tertiary/aromatic N) is 1. The molecule has 0 aromatic carbocycles. The number of sulfone groups is 1. The van der Waals surface area contributed by atoms with Crippen molar-refractivity contribution in [3.05, 3.63) is 0 Å². The molecule has 0 heterocycles. The minimum Gasteiger partial charge on any atom is -0.356 e.